The van der Waals surface area contributed by atoms with Crippen molar-refractivity contribution in [1.82, 2.24) is 19.5 Å². The first-order chi connectivity index (χ1) is 18.8. The van der Waals surface area contributed by atoms with Crippen molar-refractivity contribution in [3.8, 4) is 0 Å². The second-order valence-corrected chi connectivity index (χ2v) is 12.4. The highest BCUT2D eigenvalue weighted by molar-refractivity contribution is 7.53. The SMILES string of the molecule is CCOP(=O)(COC[C@H]1O[C@@H](n2cnc3c(NC4CCCC4)nc(COC)nc32)[C@@H]2OC(C)(C)O[C@@H]21)OCC. The second kappa shape index (κ2) is 12.0. The largest absolute Gasteiger partial charge is 0.377 e. The molecular formula is C25H40N5O8P. The van der Waals surface area contributed by atoms with E-state index in [9.17, 15) is 4.57 Å². The van der Waals surface area contributed by atoms with Crippen LogP contribution in [0, 0.1) is 0 Å². The third kappa shape index (κ3) is 6.31. The molecule has 3 fully saturated rings. The summed E-state index contributed by atoms with van der Waals surface area (Å²) < 4.78 is 55.5. The Morgan fingerprint density at radius 2 is 1.85 bits per heavy atom. The van der Waals surface area contributed by atoms with Gasteiger partial charge in [0, 0.05) is 13.2 Å². The van der Waals surface area contributed by atoms with Gasteiger partial charge in [0.1, 0.15) is 31.3 Å². The van der Waals surface area contributed by atoms with Gasteiger partial charge in [-0.25, -0.2) is 15.0 Å². The molecule has 0 spiro atoms. The Labute approximate surface area is 228 Å². The Hall–Kier alpha value is -1.70. The fourth-order valence-electron chi connectivity index (χ4n) is 5.51. The van der Waals surface area contributed by atoms with Gasteiger partial charge >= 0.3 is 7.60 Å². The van der Waals surface area contributed by atoms with Crippen LogP contribution in [-0.4, -0.2) is 82.9 Å². The van der Waals surface area contributed by atoms with E-state index in [0.29, 0.717) is 28.8 Å². The topological polar surface area (TPSA) is 137 Å². The summed E-state index contributed by atoms with van der Waals surface area (Å²) in [7, 11) is -1.74. The van der Waals surface area contributed by atoms with Crippen molar-refractivity contribution < 1.29 is 37.3 Å². The van der Waals surface area contributed by atoms with Crippen LogP contribution in [-0.2, 0) is 43.9 Å². The minimum atomic E-state index is -3.36. The van der Waals surface area contributed by atoms with Crippen LogP contribution in [0.1, 0.15) is 65.4 Å². The van der Waals surface area contributed by atoms with E-state index in [1.54, 1.807) is 27.3 Å². The molecule has 4 atom stereocenters. The van der Waals surface area contributed by atoms with Crippen LogP contribution in [0.4, 0.5) is 5.82 Å². The maximum absolute atomic E-state index is 12.8. The molecule has 1 saturated carbocycles. The normalized spacial score (nSPS) is 27.0. The van der Waals surface area contributed by atoms with Crippen molar-refractivity contribution in [1.29, 1.82) is 0 Å². The highest BCUT2D eigenvalue weighted by Crippen LogP contribution is 2.49. The van der Waals surface area contributed by atoms with Crippen LogP contribution in [0.2, 0.25) is 0 Å². The maximum atomic E-state index is 12.8. The average molecular weight is 570 g/mol. The van der Waals surface area contributed by atoms with Crippen molar-refractivity contribution >= 4 is 24.6 Å². The summed E-state index contributed by atoms with van der Waals surface area (Å²) >= 11 is 0. The molecule has 13 nitrogen and oxygen atoms in total. The summed E-state index contributed by atoms with van der Waals surface area (Å²) in [4.78, 5) is 14.1. The fourth-order valence-corrected chi connectivity index (χ4v) is 6.85. The minimum Gasteiger partial charge on any atom is -0.377 e. The number of rotatable bonds is 13. The van der Waals surface area contributed by atoms with Gasteiger partial charge in [-0.15, -0.1) is 0 Å². The van der Waals surface area contributed by atoms with Crippen molar-refractivity contribution in [2.75, 3.05) is 38.6 Å². The van der Waals surface area contributed by atoms with Crippen LogP contribution in [0.15, 0.2) is 6.33 Å². The third-order valence-corrected chi connectivity index (χ3v) is 8.82. The van der Waals surface area contributed by atoms with Gasteiger partial charge in [0.05, 0.1) is 26.1 Å². The molecule has 5 rings (SSSR count). The van der Waals surface area contributed by atoms with Gasteiger partial charge in [-0.05, 0) is 40.5 Å². The van der Waals surface area contributed by atoms with Gasteiger partial charge in [-0.1, -0.05) is 12.8 Å². The molecule has 14 heteroatoms. The van der Waals surface area contributed by atoms with Crippen molar-refractivity contribution in [3.05, 3.63) is 12.2 Å². The van der Waals surface area contributed by atoms with E-state index >= 15 is 0 Å². The molecule has 0 amide bonds. The molecule has 2 aromatic heterocycles. The number of imidazole rings is 1. The summed E-state index contributed by atoms with van der Waals surface area (Å²) in [5.41, 5.74) is 1.28. The minimum absolute atomic E-state index is 0.117. The van der Waals surface area contributed by atoms with Gasteiger partial charge < -0.3 is 38.0 Å². The first kappa shape index (κ1) is 28.8. The van der Waals surface area contributed by atoms with Crippen LogP contribution in [0.25, 0.3) is 11.2 Å². The number of hydrogen-bond donors (Lipinski definition) is 1. The lowest BCUT2D eigenvalue weighted by molar-refractivity contribution is -0.201. The van der Waals surface area contributed by atoms with Crippen molar-refractivity contribution in [3.63, 3.8) is 0 Å². The lowest BCUT2D eigenvalue weighted by Crippen LogP contribution is -2.33. The van der Waals surface area contributed by atoms with Gasteiger partial charge in [0.2, 0.25) is 0 Å². The number of anilines is 1. The van der Waals surface area contributed by atoms with Crippen LogP contribution >= 0.6 is 7.60 Å². The molecule has 39 heavy (non-hydrogen) atoms. The first-order valence-corrected chi connectivity index (χ1v) is 15.4. The van der Waals surface area contributed by atoms with Gasteiger partial charge in [0.25, 0.3) is 0 Å². The summed E-state index contributed by atoms with van der Waals surface area (Å²) in [5, 5.41) is 3.57. The summed E-state index contributed by atoms with van der Waals surface area (Å²) in [6.45, 7) is 8.16. The molecule has 218 valence electrons. The Bertz CT molecular complexity index is 1160. The van der Waals surface area contributed by atoms with E-state index in [-0.39, 0.29) is 32.8 Å². The molecule has 3 aliphatic rings. The highest BCUT2D eigenvalue weighted by Gasteiger charge is 2.56. The van der Waals surface area contributed by atoms with Gasteiger partial charge in [-0.3, -0.25) is 9.13 Å². The number of hydrogen-bond acceptors (Lipinski definition) is 12. The Morgan fingerprint density at radius 3 is 2.54 bits per heavy atom. The van der Waals surface area contributed by atoms with Gasteiger partial charge in [0.15, 0.2) is 34.8 Å². The van der Waals surface area contributed by atoms with E-state index < -0.39 is 37.9 Å². The van der Waals surface area contributed by atoms with Crippen molar-refractivity contribution in [2.24, 2.45) is 0 Å². The lowest BCUT2D eigenvalue weighted by Gasteiger charge is -2.25. The van der Waals surface area contributed by atoms with E-state index in [1.165, 1.54) is 12.8 Å². The fraction of sp³-hybridized carbons (Fsp3) is 0.800. The van der Waals surface area contributed by atoms with Crippen LogP contribution in [0.5, 0.6) is 0 Å². The van der Waals surface area contributed by atoms with Crippen LogP contribution < -0.4 is 5.32 Å². The standard InChI is InChI=1S/C25H40N5O8P/c1-6-34-39(31,35-7-2)15-33-12-17-20-21(38-25(3,4)37-20)24(36-17)30-14-26-19-22(27-16-10-8-9-11-16)28-18(13-32-5)29-23(19)30/h14,16-17,20-21,24H,6-13,15H2,1-5H3,(H,27,28,29)/t17-,20-,21-,24-/m1/s1. The Balaban J connectivity index is 1.40. The molecule has 2 saturated heterocycles. The lowest BCUT2D eigenvalue weighted by atomic mass is 10.1. The molecule has 2 aromatic rings. The van der Waals surface area contributed by atoms with Gasteiger partial charge in [-0.2, -0.15) is 0 Å². The quantitative estimate of drug-likeness (QED) is 0.349. The van der Waals surface area contributed by atoms with E-state index in [1.807, 2.05) is 18.4 Å². The summed E-state index contributed by atoms with van der Waals surface area (Å²) in [6, 6.07) is 0.356. The van der Waals surface area contributed by atoms with Crippen LogP contribution in [0.3, 0.4) is 0 Å². The zero-order valence-corrected chi connectivity index (χ0v) is 24.2. The summed E-state index contributed by atoms with van der Waals surface area (Å²) in [5.74, 6) is 0.426. The van der Waals surface area contributed by atoms with Crippen molar-refractivity contribution in [2.45, 2.75) is 96.4 Å². The highest BCUT2D eigenvalue weighted by atomic mass is 31.2. The number of nitrogens with one attached hydrogen (secondary N) is 1. The predicted octanol–water partition coefficient (Wildman–Crippen LogP) is 3.98. The smallest absolute Gasteiger partial charge is 0.356 e. The summed E-state index contributed by atoms with van der Waals surface area (Å²) in [6.07, 6.45) is 4.19. The number of methoxy groups -OCH3 is 1. The zero-order chi connectivity index (χ0) is 27.6. The number of aromatic nitrogens is 4. The predicted molar refractivity (Wildman–Crippen MR) is 141 cm³/mol. The molecule has 2 aliphatic heterocycles. The Kier molecular flexibility index (Phi) is 8.89. The molecule has 4 heterocycles. The second-order valence-electron chi connectivity index (χ2n) is 10.4. The zero-order valence-electron chi connectivity index (χ0n) is 23.3. The number of nitrogens with zero attached hydrogens (tertiary/aromatic N) is 4. The first-order valence-electron chi connectivity index (χ1n) is 13.7. The van der Waals surface area contributed by atoms with E-state index in [4.69, 9.17) is 42.7 Å². The molecule has 1 N–H and O–H groups in total. The molecule has 0 aromatic carbocycles. The van der Waals surface area contributed by atoms with E-state index in [2.05, 4.69) is 10.3 Å². The molecule has 0 radical (unpaired) electrons. The Morgan fingerprint density at radius 1 is 1.13 bits per heavy atom. The average Bonchev–Trinajstić information content (AvgIpc) is 3.65. The third-order valence-electron chi connectivity index (χ3n) is 7.02. The monoisotopic (exact) mass is 569 g/mol. The molecule has 0 bridgehead atoms. The molecule has 1 aliphatic carbocycles. The number of ether oxygens (including phenoxy) is 5. The van der Waals surface area contributed by atoms with E-state index in [0.717, 1.165) is 12.8 Å². The number of fused-ring (bicyclic) bond motifs is 2. The maximum Gasteiger partial charge on any atom is 0.356 e. The molecule has 0 unspecified atom stereocenters. The molecular weight excluding hydrogens is 529 g/mol.